The minimum Gasteiger partial charge on any atom is -0.496 e. The zero-order valence-electron chi connectivity index (χ0n) is 18.0. The van der Waals surface area contributed by atoms with Gasteiger partial charge < -0.3 is 29.1 Å². The molecule has 30 heavy (non-hydrogen) atoms. The maximum atomic E-state index is 12.9. The van der Waals surface area contributed by atoms with Crippen LogP contribution in [-0.4, -0.2) is 87.9 Å². The number of nitrogens with zero attached hydrogens (tertiary/aromatic N) is 3. The molecule has 0 fully saturated rings. The average molecular weight is 418 g/mol. The van der Waals surface area contributed by atoms with Crippen LogP contribution < -0.4 is 10.1 Å². The number of rotatable bonds is 12. The topological polar surface area (TPSA) is 97.1 Å². The van der Waals surface area contributed by atoms with Crippen molar-refractivity contribution in [3.05, 3.63) is 36.0 Å². The quantitative estimate of drug-likeness (QED) is 0.558. The first kappa shape index (κ1) is 23.4. The zero-order chi connectivity index (χ0) is 21.9. The molecule has 9 heteroatoms. The van der Waals surface area contributed by atoms with Gasteiger partial charge in [0.1, 0.15) is 5.75 Å². The van der Waals surface area contributed by atoms with Crippen LogP contribution in [0.3, 0.4) is 0 Å². The minimum absolute atomic E-state index is 0.109. The highest BCUT2D eigenvalue weighted by Gasteiger charge is 2.22. The predicted molar refractivity (Wildman–Crippen MR) is 112 cm³/mol. The number of benzene rings is 1. The second-order valence-corrected chi connectivity index (χ2v) is 6.96. The molecule has 1 heterocycles. The van der Waals surface area contributed by atoms with Crippen LogP contribution in [0.5, 0.6) is 5.75 Å². The lowest BCUT2D eigenvalue weighted by atomic mass is 10.1. The molecule has 0 saturated heterocycles. The highest BCUT2D eigenvalue weighted by Crippen LogP contribution is 2.30. The first-order valence-corrected chi connectivity index (χ1v) is 9.76. The number of carbonyl (C=O) groups is 2. The maximum absolute atomic E-state index is 12.9. The van der Waals surface area contributed by atoms with E-state index in [1.165, 1.54) is 0 Å². The molecule has 0 unspecified atom stereocenters. The van der Waals surface area contributed by atoms with Crippen LogP contribution in [0.25, 0.3) is 11.3 Å². The molecule has 0 aliphatic carbocycles. The van der Waals surface area contributed by atoms with Crippen molar-refractivity contribution in [3.8, 4) is 17.1 Å². The summed E-state index contributed by atoms with van der Waals surface area (Å²) in [7, 11) is 7.01. The number of carbonyl (C=O) groups excluding carboxylic acids is 2. The van der Waals surface area contributed by atoms with Crippen LogP contribution in [0.15, 0.2) is 34.9 Å². The van der Waals surface area contributed by atoms with Gasteiger partial charge in [-0.2, -0.15) is 0 Å². The third-order valence-corrected chi connectivity index (χ3v) is 4.44. The van der Waals surface area contributed by atoms with Crippen molar-refractivity contribution in [1.82, 2.24) is 20.3 Å². The molecule has 164 valence electrons. The number of methoxy groups -OCH3 is 2. The Morgan fingerprint density at radius 1 is 1.13 bits per heavy atom. The third-order valence-electron chi connectivity index (χ3n) is 4.44. The summed E-state index contributed by atoms with van der Waals surface area (Å²) in [5.41, 5.74) is 0.871. The van der Waals surface area contributed by atoms with Gasteiger partial charge in [0.2, 0.25) is 5.91 Å². The molecule has 0 atom stereocenters. The van der Waals surface area contributed by atoms with Crippen LogP contribution in [0.4, 0.5) is 0 Å². The summed E-state index contributed by atoms with van der Waals surface area (Å²) in [5, 5.41) is 6.77. The Morgan fingerprint density at radius 3 is 2.60 bits per heavy atom. The van der Waals surface area contributed by atoms with E-state index in [1.54, 1.807) is 31.3 Å². The molecular formula is C21H30N4O5. The molecule has 0 radical (unpaired) electrons. The molecule has 0 aliphatic heterocycles. The van der Waals surface area contributed by atoms with E-state index in [2.05, 4.69) is 10.5 Å². The van der Waals surface area contributed by atoms with Gasteiger partial charge in [-0.25, -0.2) is 0 Å². The second kappa shape index (κ2) is 11.9. The molecule has 0 bridgehead atoms. The van der Waals surface area contributed by atoms with Gasteiger partial charge in [0.25, 0.3) is 5.91 Å². The van der Waals surface area contributed by atoms with Crippen LogP contribution in [0.1, 0.15) is 16.9 Å². The maximum Gasteiger partial charge on any atom is 0.276 e. The fourth-order valence-electron chi connectivity index (χ4n) is 2.77. The lowest BCUT2D eigenvalue weighted by molar-refractivity contribution is -0.121. The van der Waals surface area contributed by atoms with E-state index >= 15 is 0 Å². The molecule has 0 spiro atoms. The minimum atomic E-state index is -0.321. The van der Waals surface area contributed by atoms with E-state index in [9.17, 15) is 9.59 Å². The summed E-state index contributed by atoms with van der Waals surface area (Å²) < 4.78 is 15.8. The van der Waals surface area contributed by atoms with E-state index in [0.717, 1.165) is 6.54 Å². The number of nitrogens with one attached hydrogen (secondary N) is 1. The highest BCUT2D eigenvalue weighted by molar-refractivity contribution is 5.93. The molecule has 0 aliphatic rings. The van der Waals surface area contributed by atoms with E-state index in [-0.39, 0.29) is 30.5 Å². The molecule has 2 aromatic rings. The number of para-hydroxylation sites is 1. The van der Waals surface area contributed by atoms with Crippen LogP contribution in [0.2, 0.25) is 0 Å². The molecular weight excluding hydrogens is 388 g/mol. The molecule has 2 rings (SSSR count). The normalized spacial score (nSPS) is 10.8. The number of aromatic nitrogens is 1. The largest absolute Gasteiger partial charge is 0.496 e. The Hall–Kier alpha value is -2.91. The first-order chi connectivity index (χ1) is 14.5. The van der Waals surface area contributed by atoms with E-state index in [4.69, 9.17) is 14.0 Å². The molecule has 9 nitrogen and oxygen atoms in total. The summed E-state index contributed by atoms with van der Waals surface area (Å²) >= 11 is 0. The number of ether oxygens (including phenoxy) is 2. The fraction of sp³-hybridized carbons (Fsp3) is 0.476. The molecule has 1 aromatic heterocycles. The molecule has 1 N–H and O–H groups in total. The van der Waals surface area contributed by atoms with Crippen molar-refractivity contribution in [2.75, 3.05) is 61.1 Å². The lowest BCUT2D eigenvalue weighted by Crippen LogP contribution is -2.38. The summed E-state index contributed by atoms with van der Waals surface area (Å²) in [4.78, 5) is 28.5. The lowest BCUT2D eigenvalue weighted by Gasteiger charge is -2.21. The Kier molecular flexibility index (Phi) is 9.30. The van der Waals surface area contributed by atoms with Crippen molar-refractivity contribution in [2.24, 2.45) is 0 Å². The smallest absolute Gasteiger partial charge is 0.276 e. The van der Waals surface area contributed by atoms with Gasteiger partial charge in [-0.15, -0.1) is 0 Å². The first-order valence-electron chi connectivity index (χ1n) is 9.76. The van der Waals surface area contributed by atoms with Crippen LogP contribution >= 0.6 is 0 Å². The Morgan fingerprint density at radius 2 is 1.90 bits per heavy atom. The van der Waals surface area contributed by atoms with Gasteiger partial charge in [0.15, 0.2) is 11.5 Å². The predicted octanol–water partition coefficient (Wildman–Crippen LogP) is 1.51. The summed E-state index contributed by atoms with van der Waals surface area (Å²) in [6.07, 6.45) is 0.195. The molecule has 1 aromatic carbocycles. The van der Waals surface area contributed by atoms with Crippen molar-refractivity contribution in [2.45, 2.75) is 6.42 Å². The van der Waals surface area contributed by atoms with Crippen LogP contribution in [-0.2, 0) is 9.53 Å². The summed E-state index contributed by atoms with van der Waals surface area (Å²) in [6, 6.07) is 8.91. The number of amides is 2. The van der Waals surface area contributed by atoms with Gasteiger partial charge in [-0.3, -0.25) is 9.59 Å². The number of likely N-dealkylation sites (N-methyl/N-ethyl adjacent to an activating group) is 1. The number of hydrogen-bond acceptors (Lipinski definition) is 7. The Balaban J connectivity index is 2.04. The van der Waals surface area contributed by atoms with E-state index < -0.39 is 0 Å². The van der Waals surface area contributed by atoms with Gasteiger partial charge in [0.05, 0.1) is 19.3 Å². The summed E-state index contributed by atoms with van der Waals surface area (Å²) in [6.45, 7) is 2.27. The molecule has 0 saturated carbocycles. The van der Waals surface area contributed by atoms with Crippen molar-refractivity contribution in [1.29, 1.82) is 0 Å². The van der Waals surface area contributed by atoms with Crippen LogP contribution in [0, 0.1) is 0 Å². The van der Waals surface area contributed by atoms with Gasteiger partial charge >= 0.3 is 0 Å². The highest BCUT2D eigenvalue weighted by atomic mass is 16.5. The fourth-order valence-corrected chi connectivity index (χ4v) is 2.77. The van der Waals surface area contributed by atoms with Crippen molar-refractivity contribution in [3.63, 3.8) is 0 Å². The van der Waals surface area contributed by atoms with E-state index in [1.807, 2.05) is 37.2 Å². The Bertz CT molecular complexity index is 821. The van der Waals surface area contributed by atoms with Gasteiger partial charge in [0, 0.05) is 45.8 Å². The van der Waals surface area contributed by atoms with Crippen molar-refractivity contribution >= 4 is 11.8 Å². The van der Waals surface area contributed by atoms with Gasteiger partial charge in [-0.1, -0.05) is 17.3 Å². The monoisotopic (exact) mass is 418 g/mol. The van der Waals surface area contributed by atoms with Crippen molar-refractivity contribution < 1.29 is 23.6 Å². The third kappa shape index (κ3) is 6.85. The standard InChI is InChI=1S/C21H30N4O5/c1-24(2)12-10-22-20(26)9-11-25(13-14-28-3)21(27)17-15-19(30-23-17)16-7-5-6-8-18(16)29-4/h5-8,15H,9-14H2,1-4H3,(H,22,26). The second-order valence-electron chi connectivity index (χ2n) is 6.96. The van der Waals surface area contributed by atoms with E-state index in [0.29, 0.717) is 36.8 Å². The molecule has 2 amide bonds. The zero-order valence-corrected chi connectivity index (χ0v) is 18.0. The summed E-state index contributed by atoms with van der Waals surface area (Å²) in [5.74, 6) is 0.627. The number of hydrogen-bond donors (Lipinski definition) is 1. The van der Waals surface area contributed by atoms with Gasteiger partial charge in [-0.05, 0) is 26.2 Å². The SMILES string of the molecule is COCCN(CCC(=O)NCCN(C)C)C(=O)c1cc(-c2ccccc2OC)on1. The Labute approximate surface area is 176 Å². The average Bonchev–Trinajstić information content (AvgIpc) is 3.23.